The van der Waals surface area contributed by atoms with E-state index in [1.807, 2.05) is 30.5 Å². The molecular formula is C17H20N2O2S. The summed E-state index contributed by atoms with van der Waals surface area (Å²) in [6.45, 7) is 3.13. The molecule has 2 aromatic rings. The van der Waals surface area contributed by atoms with E-state index in [0.29, 0.717) is 18.8 Å². The van der Waals surface area contributed by atoms with E-state index in [9.17, 15) is 9.90 Å². The van der Waals surface area contributed by atoms with Gasteiger partial charge in [-0.15, -0.1) is 11.3 Å². The summed E-state index contributed by atoms with van der Waals surface area (Å²) < 4.78 is 0. The molecule has 22 heavy (non-hydrogen) atoms. The maximum absolute atomic E-state index is 12.5. The van der Waals surface area contributed by atoms with Crippen molar-refractivity contribution in [3.63, 3.8) is 0 Å². The van der Waals surface area contributed by atoms with Crippen molar-refractivity contribution in [2.24, 2.45) is 5.92 Å². The summed E-state index contributed by atoms with van der Waals surface area (Å²) in [5.41, 5.74) is 1.69. The number of carbonyl (C=O) groups excluding carboxylic acids is 1. The Morgan fingerprint density at radius 3 is 2.91 bits per heavy atom. The number of aliphatic hydroxyl groups excluding tert-OH is 1. The maximum Gasteiger partial charge on any atom is 0.273 e. The molecule has 1 aliphatic heterocycles. The average molecular weight is 316 g/mol. The number of hydrogen-bond donors (Lipinski definition) is 1. The highest BCUT2D eigenvalue weighted by molar-refractivity contribution is 7.09. The summed E-state index contributed by atoms with van der Waals surface area (Å²) in [6, 6.07) is 10.1. The number of β-amino-alcohol motifs (C(OH)–C–C–N with tert-alkyl or cyclic N) is 1. The van der Waals surface area contributed by atoms with Gasteiger partial charge in [0.05, 0.1) is 11.1 Å². The molecule has 0 bridgehead atoms. The molecule has 1 amide bonds. The maximum atomic E-state index is 12.5. The van der Waals surface area contributed by atoms with Gasteiger partial charge in [-0.25, -0.2) is 4.98 Å². The molecule has 1 saturated heterocycles. The van der Waals surface area contributed by atoms with E-state index in [1.54, 1.807) is 4.90 Å². The van der Waals surface area contributed by atoms with Crippen LogP contribution < -0.4 is 0 Å². The number of carbonyl (C=O) groups is 1. The summed E-state index contributed by atoms with van der Waals surface area (Å²) in [7, 11) is 0. The first-order valence-electron chi connectivity index (χ1n) is 7.59. The van der Waals surface area contributed by atoms with Gasteiger partial charge in [0.2, 0.25) is 0 Å². The Labute approximate surface area is 134 Å². The monoisotopic (exact) mass is 316 g/mol. The van der Waals surface area contributed by atoms with Crippen molar-refractivity contribution in [2.75, 3.05) is 13.1 Å². The molecule has 2 unspecified atom stereocenters. The van der Waals surface area contributed by atoms with Gasteiger partial charge in [-0.3, -0.25) is 4.79 Å². The molecule has 1 N–H and O–H groups in total. The number of nitrogens with zero attached hydrogens (tertiary/aromatic N) is 2. The first kappa shape index (κ1) is 15.2. The predicted octanol–water partition coefficient (Wildman–Crippen LogP) is 2.58. The van der Waals surface area contributed by atoms with E-state index in [4.69, 9.17) is 0 Å². The fraction of sp³-hybridized carbons (Fsp3) is 0.412. The van der Waals surface area contributed by atoms with Gasteiger partial charge in [-0.2, -0.15) is 0 Å². The largest absolute Gasteiger partial charge is 0.391 e. The third-order valence-electron chi connectivity index (χ3n) is 4.17. The SMILES string of the molecule is CC1CCN(C(=O)c2csc(Cc3ccccc3)n2)CC1O. The third kappa shape index (κ3) is 3.36. The van der Waals surface area contributed by atoms with E-state index in [-0.39, 0.29) is 11.8 Å². The van der Waals surface area contributed by atoms with Crippen LogP contribution in [0.15, 0.2) is 35.7 Å². The van der Waals surface area contributed by atoms with Gasteiger partial charge in [-0.1, -0.05) is 37.3 Å². The third-order valence-corrected chi connectivity index (χ3v) is 5.02. The minimum atomic E-state index is -0.430. The van der Waals surface area contributed by atoms with Crippen LogP contribution in [-0.2, 0) is 6.42 Å². The van der Waals surface area contributed by atoms with Crippen LogP contribution in [0.3, 0.4) is 0 Å². The molecule has 2 heterocycles. The molecule has 3 rings (SSSR count). The topological polar surface area (TPSA) is 53.4 Å². The molecule has 0 aliphatic carbocycles. The Balaban J connectivity index is 1.67. The lowest BCUT2D eigenvalue weighted by atomic mass is 9.96. The fourth-order valence-electron chi connectivity index (χ4n) is 2.66. The van der Waals surface area contributed by atoms with Gasteiger partial charge in [0.15, 0.2) is 0 Å². The van der Waals surface area contributed by atoms with Crippen LogP contribution in [0.5, 0.6) is 0 Å². The van der Waals surface area contributed by atoms with Gasteiger partial charge in [0, 0.05) is 24.9 Å². The standard InChI is InChI=1S/C17H20N2O2S/c1-12-7-8-19(10-15(12)20)17(21)14-11-22-16(18-14)9-13-5-3-2-4-6-13/h2-6,11-12,15,20H,7-10H2,1H3. The Morgan fingerprint density at radius 1 is 1.41 bits per heavy atom. The molecule has 1 aromatic carbocycles. The number of thiazole rings is 1. The summed E-state index contributed by atoms with van der Waals surface area (Å²) in [5, 5.41) is 12.7. The van der Waals surface area contributed by atoms with Gasteiger partial charge in [-0.05, 0) is 17.9 Å². The lowest BCUT2D eigenvalue weighted by molar-refractivity contribution is 0.0245. The molecule has 116 valence electrons. The quantitative estimate of drug-likeness (QED) is 0.947. The highest BCUT2D eigenvalue weighted by atomic mass is 32.1. The van der Waals surface area contributed by atoms with Crippen molar-refractivity contribution >= 4 is 17.2 Å². The second-order valence-electron chi connectivity index (χ2n) is 5.87. The van der Waals surface area contributed by atoms with Crippen molar-refractivity contribution in [3.8, 4) is 0 Å². The first-order valence-corrected chi connectivity index (χ1v) is 8.47. The molecule has 0 radical (unpaired) electrons. The van der Waals surface area contributed by atoms with Gasteiger partial charge >= 0.3 is 0 Å². The molecule has 1 aliphatic rings. The van der Waals surface area contributed by atoms with Crippen molar-refractivity contribution < 1.29 is 9.90 Å². The van der Waals surface area contributed by atoms with E-state index in [1.165, 1.54) is 16.9 Å². The second-order valence-corrected chi connectivity index (χ2v) is 6.82. The van der Waals surface area contributed by atoms with Crippen LogP contribution in [-0.4, -0.2) is 40.1 Å². The molecule has 1 fully saturated rings. The highest BCUT2D eigenvalue weighted by Crippen LogP contribution is 2.21. The molecule has 1 aromatic heterocycles. The average Bonchev–Trinajstić information content (AvgIpc) is 2.99. The summed E-state index contributed by atoms with van der Waals surface area (Å²) >= 11 is 1.52. The number of likely N-dealkylation sites (tertiary alicyclic amines) is 1. The van der Waals surface area contributed by atoms with Gasteiger partial charge in [0.25, 0.3) is 5.91 Å². The highest BCUT2D eigenvalue weighted by Gasteiger charge is 2.28. The number of rotatable bonds is 3. The smallest absolute Gasteiger partial charge is 0.273 e. The first-order chi connectivity index (χ1) is 10.6. The minimum Gasteiger partial charge on any atom is -0.391 e. The van der Waals surface area contributed by atoms with E-state index in [0.717, 1.165) is 17.8 Å². The van der Waals surface area contributed by atoms with Crippen molar-refractivity contribution in [2.45, 2.75) is 25.9 Å². The summed E-state index contributed by atoms with van der Waals surface area (Å²) in [6.07, 6.45) is 1.16. The molecular weight excluding hydrogens is 296 g/mol. The molecule has 0 saturated carbocycles. The van der Waals surface area contributed by atoms with Crippen LogP contribution in [0, 0.1) is 5.92 Å². The van der Waals surface area contributed by atoms with E-state index < -0.39 is 6.10 Å². The van der Waals surface area contributed by atoms with Crippen molar-refractivity contribution in [3.05, 3.63) is 52.0 Å². The van der Waals surface area contributed by atoms with Crippen molar-refractivity contribution in [1.82, 2.24) is 9.88 Å². The Bertz CT molecular complexity index is 641. The zero-order chi connectivity index (χ0) is 15.5. The number of piperidine rings is 1. The van der Waals surface area contributed by atoms with Crippen LogP contribution >= 0.6 is 11.3 Å². The van der Waals surface area contributed by atoms with Crippen LogP contribution in [0.1, 0.15) is 34.4 Å². The Hall–Kier alpha value is -1.72. The van der Waals surface area contributed by atoms with Crippen LogP contribution in [0.4, 0.5) is 0 Å². The van der Waals surface area contributed by atoms with Crippen LogP contribution in [0.25, 0.3) is 0 Å². The lowest BCUT2D eigenvalue weighted by Crippen LogP contribution is -2.45. The summed E-state index contributed by atoms with van der Waals surface area (Å²) in [4.78, 5) is 18.7. The number of hydrogen-bond acceptors (Lipinski definition) is 4. The Kier molecular flexibility index (Phi) is 4.55. The molecule has 4 nitrogen and oxygen atoms in total. The lowest BCUT2D eigenvalue weighted by Gasteiger charge is -2.33. The second kappa shape index (κ2) is 6.58. The summed E-state index contributed by atoms with van der Waals surface area (Å²) in [5.74, 6) is 0.189. The minimum absolute atomic E-state index is 0.0680. The number of aromatic nitrogens is 1. The van der Waals surface area contributed by atoms with Gasteiger partial charge in [0.1, 0.15) is 5.69 Å². The molecule has 2 atom stereocenters. The van der Waals surface area contributed by atoms with Gasteiger partial charge < -0.3 is 10.0 Å². The van der Waals surface area contributed by atoms with E-state index >= 15 is 0 Å². The number of amides is 1. The zero-order valence-electron chi connectivity index (χ0n) is 12.6. The number of aliphatic hydroxyl groups is 1. The van der Waals surface area contributed by atoms with Crippen LogP contribution in [0.2, 0.25) is 0 Å². The number of benzene rings is 1. The Morgan fingerprint density at radius 2 is 2.18 bits per heavy atom. The predicted molar refractivity (Wildman–Crippen MR) is 87.1 cm³/mol. The van der Waals surface area contributed by atoms with Crippen molar-refractivity contribution in [1.29, 1.82) is 0 Å². The zero-order valence-corrected chi connectivity index (χ0v) is 13.4. The fourth-order valence-corrected chi connectivity index (χ4v) is 3.46. The molecule has 5 heteroatoms. The van der Waals surface area contributed by atoms with E-state index in [2.05, 4.69) is 17.1 Å². The molecule has 0 spiro atoms. The normalized spacial score (nSPS) is 21.8.